The van der Waals surface area contributed by atoms with Crippen LogP contribution in [-0.2, 0) is 4.79 Å². The van der Waals surface area contributed by atoms with Gasteiger partial charge in [-0.2, -0.15) is 0 Å². The molecule has 1 heterocycles. The van der Waals surface area contributed by atoms with E-state index in [1.54, 1.807) is 12.1 Å². The molecule has 0 aliphatic heterocycles. The highest BCUT2D eigenvalue weighted by molar-refractivity contribution is 14.1. The maximum absolute atomic E-state index is 12.3. The number of thioether (sulfide) groups is 1. The molecule has 0 aliphatic rings. The van der Waals surface area contributed by atoms with Crippen molar-refractivity contribution in [1.29, 1.82) is 0 Å². The first-order valence-electron chi connectivity index (χ1n) is 7.72. The molecule has 134 valence electrons. The summed E-state index contributed by atoms with van der Waals surface area (Å²) in [5.74, 6) is 0.386. The molecule has 1 amide bonds. The Morgan fingerprint density at radius 2 is 1.92 bits per heavy atom. The van der Waals surface area contributed by atoms with Crippen molar-refractivity contribution in [3.8, 4) is 11.5 Å². The van der Waals surface area contributed by atoms with E-state index in [-0.39, 0.29) is 11.7 Å². The van der Waals surface area contributed by atoms with Gasteiger partial charge in [-0.05, 0) is 71.8 Å². The van der Waals surface area contributed by atoms with Crippen LogP contribution in [0.2, 0.25) is 5.02 Å². The number of carbonyl (C=O) groups excluding carboxylic acids is 1. The second-order valence-corrected chi connectivity index (χ2v) is 8.18. The molecule has 0 radical (unpaired) electrons. The fraction of sp³-hybridized carbons (Fsp3) is 0.167. The van der Waals surface area contributed by atoms with Gasteiger partial charge in [0.05, 0.1) is 16.3 Å². The number of halogens is 2. The topological polar surface area (TPSA) is 68.0 Å². The molecule has 2 aromatic carbocycles. The van der Waals surface area contributed by atoms with E-state index in [4.69, 9.17) is 16.0 Å². The van der Waals surface area contributed by atoms with E-state index in [9.17, 15) is 4.79 Å². The second kappa shape index (κ2) is 8.41. The van der Waals surface area contributed by atoms with Crippen LogP contribution >= 0.6 is 46.0 Å². The van der Waals surface area contributed by atoms with Gasteiger partial charge in [0.25, 0.3) is 5.22 Å². The summed E-state index contributed by atoms with van der Waals surface area (Å²) >= 11 is 9.58. The fourth-order valence-electron chi connectivity index (χ4n) is 2.42. The van der Waals surface area contributed by atoms with E-state index in [0.717, 1.165) is 20.4 Å². The molecular formula is C18H15ClIN3O2S. The van der Waals surface area contributed by atoms with Crippen molar-refractivity contribution in [2.75, 3.05) is 11.1 Å². The molecule has 1 aromatic heterocycles. The number of hydrogen-bond acceptors (Lipinski definition) is 5. The lowest BCUT2D eigenvalue weighted by molar-refractivity contribution is -0.113. The highest BCUT2D eigenvalue weighted by atomic mass is 127. The van der Waals surface area contributed by atoms with Crippen molar-refractivity contribution in [1.82, 2.24) is 10.2 Å². The molecule has 0 atom stereocenters. The van der Waals surface area contributed by atoms with Crippen LogP contribution < -0.4 is 5.32 Å². The van der Waals surface area contributed by atoms with E-state index in [1.165, 1.54) is 11.8 Å². The van der Waals surface area contributed by atoms with Gasteiger partial charge in [-0.15, -0.1) is 10.2 Å². The number of benzene rings is 2. The number of rotatable bonds is 5. The first kappa shape index (κ1) is 19.2. The van der Waals surface area contributed by atoms with Crippen molar-refractivity contribution >= 4 is 57.5 Å². The summed E-state index contributed by atoms with van der Waals surface area (Å²) in [6, 6.07) is 11.3. The van der Waals surface area contributed by atoms with Crippen LogP contribution in [-0.4, -0.2) is 21.9 Å². The summed E-state index contributed by atoms with van der Waals surface area (Å²) in [4.78, 5) is 12.3. The lowest BCUT2D eigenvalue weighted by Gasteiger charge is -2.11. The van der Waals surface area contributed by atoms with Crippen LogP contribution in [0.4, 0.5) is 5.69 Å². The third kappa shape index (κ3) is 4.57. The van der Waals surface area contributed by atoms with Gasteiger partial charge >= 0.3 is 0 Å². The average molecular weight is 500 g/mol. The Bertz CT molecular complexity index is 938. The zero-order valence-electron chi connectivity index (χ0n) is 14.0. The van der Waals surface area contributed by atoms with Crippen LogP contribution in [0.3, 0.4) is 0 Å². The van der Waals surface area contributed by atoms with Crippen LogP contribution in [0.25, 0.3) is 11.5 Å². The molecule has 5 nitrogen and oxygen atoms in total. The van der Waals surface area contributed by atoms with Crippen LogP contribution in [0, 0.1) is 17.4 Å². The van der Waals surface area contributed by atoms with Crippen LogP contribution in [0.15, 0.2) is 46.0 Å². The molecule has 0 aliphatic carbocycles. The maximum Gasteiger partial charge on any atom is 0.277 e. The van der Waals surface area contributed by atoms with E-state index in [0.29, 0.717) is 21.7 Å². The number of nitrogens with zero attached hydrogens (tertiary/aromatic N) is 2. The second-order valence-electron chi connectivity index (χ2n) is 5.60. The van der Waals surface area contributed by atoms with Crippen LogP contribution in [0.1, 0.15) is 11.1 Å². The highest BCUT2D eigenvalue weighted by Crippen LogP contribution is 2.29. The molecule has 0 saturated heterocycles. The first-order valence-corrected chi connectivity index (χ1v) is 10.2. The Hall–Kier alpha value is -1.58. The van der Waals surface area contributed by atoms with Gasteiger partial charge in [-0.3, -0.25) is 4.79 Å². The van der Waals surface area contributed by atoms with Gasteiger partial charge in [0, 0.05) is 9.26 Å². The minimum absolute atomic E-state index is 0.125. The number of anilines is 1. The fourth-order valence-corrected chi connectivity index (χ4v) is 4.14. The molecule has 3 aromatic rings. The van der Waals surface area contributed by atoms with Crippen molar-refractivity contribution in [2.24, 2.45) is 0 Å². The van der Waals surface area contributed by atoms with E-state index >= 15 is 0 Å². The SMILES string of the molecule is Cc1cc(I)cc(C)c1NC(=O)CSc1nnc(-c2ccccc2Cl)o1. The average Bonchev–Trinajstić information content (AvgIpc) is 3.05. The molecule has 0 unspecified atom stereocenters. The smallest absolute Gasteiger partial charge is 0.277 e. The van der Waals surface area contributed by atoms with E-state index in [2.05, 4.69) is 38.1 Å². The van der Waals surface area contributed by atoms with Gasteiger partial charge in [0.2, 0.25) is 11.8 Å². The Balaban J connectivity index is 1.63. The monoisotopic (exact) mass is 499 g/mol. The van der Waals surface area contributed by atoms with Crippen LogP contribution in [0.5, 0.6) is 0 Å². The number of aromatic nitrogens is 2. The minimum atomic E-state index is -0.125. The zero-order chi connectivity index (χ0) is 18.7. The van der Waals surface area contributed by atoms with Crippen molar-refractivity contribution in [2.45, 2.75) is 19.1 Å². The first-order chi connectivity index (χ1) is 12.4. The number of aryl methyl sites for hydroxylation is 2. The van der Waals surface area contributed by atoms with E-state index in [1.807, 2.05) is 38.1 Å². The summed E-state index contributed by atoms with van der Waals surface area (Å²) in [7, 11) is 0. The van der Waals surface area contributed by atoms with Gasteiger partial charge in [0.1, 0.15) is 0 Å². The van der Waals surface area contributed by atoms with Gasteiger partial charge < -0.3 is 9.73 Å². The van der Waals surface area contributed by atoms with Crippen molar-refractivity contribution in [3.63, 3.8) is 0 Å². The number of carbonyl (C=O) groups is 1. The molecule has 0 fully saturated rings. The zero-order valence-corrected chi connectivity index (χ0v) is 17.8. The van der Waals surface area contributed by atoms with E-state index < -0.39 is 0 Å². The molecule has 26 heavy (non-hydrogen) atoms. The molecule has 8 heteroatoms. The number of nitrogens with one attached hydrogen (secondary N) is 1. The number of hydrogen-bond donors (Lipinski definition) is 1. The standard InChI is InChI=1S/C18H15ClIN3O2S/c1-10-7-12(20)8-11(2)16(10)21-15(24)9-26-18-23-22-17(25-18)13-5-3-4-6-14(13)19/h3-8H,9H2,1-2H3,(H,21,24). The predicted molar refractivity (Wildman–Crippen MR) is 113 cm³/mol. The molecule has 0 saturated carbocycles. The molecule has 3 rings (SSSR count). The number of amides is 1. The summed E-state index contributed by atoms with van der Waals surface area (Å²) < 4.78 is 6.73. The molecule has 0 bridgehead atoms. The minimum Gasteiger partial charge on any atom is -0.411 e. The Labute approximate surface area is 174 Å². The summed E-state index contributed by atoms with van der Waals surface area (Å²) in [6.07, 6.45) is 0. The Kier molecular flexibility index (Phi) is 6.20. The largest absolute Gasteiger partial charge is 0.411 e. The highest BCUT2D eigenvalue weighted by Gasteiger charge is 2.14. The Morgan fingerprint density at radius 3 is 2.62 bits per heavy atom. The lowest BCUT2D eigenvalue weighted by Crippen LogP contribution is -2.16. The third-order valence-electron chi connectivity index (χ3n) is 3.60. The quantitative estimate of drug-likeness (QED) is 0.379. The molecule has 1 N–H and O–H groups in total. The predicted octanol–water partition coefficient (Wildman–Crippen LogP) is 5.34. The van der Waals surface area contributed by atoms with Gasteiger partial charge in [-0.25, -0.2) is 0 Å². The Morgan fingerprint density at radius 1 is 1.23 bits per heavy atom. The molecular weight excluding hydrogens is 485 g/mol. The van der Waals surface area contributed by atoms with Gasteiger partial charge in [-0.1, -0.05) is 35.5 Å². The summed E-state index contributed by atoms with van der Waals surface area (Å²) in [5.41, 5.74) is 3.58. The maximum atomic E-state index is 12.3. The lowest BCUT2D eigenvalue weighted by atomic mass is 10.1. The molecule has 0 spiro atoms. The summed E-state index contributed by atoms with van der Waals surface area (Å²) in [6.45, 7) is 3.96. The normalized spacial score (nSPS) is 10.8. The summed E-state index contributed by atoms with van der Waals surface area (Å²) in [5, 5.41) is 11.8. The van der Waals surface area contributed by atoms with Gasteiger partial charge in [0.15, 0.2) is 0 Å². The third-order valence-corrected chi connectivity index (χ3v) is 5.37. The van der Waals surface area contributed by atoms with Crippen molar-refractivity contribution in [3.05, 3.63) is 56.1 Å². The van der Waals surface area contributed by atoms with Crippen molar-refractivity contribution < 1.29 is 9.21 Å².